The first-order valence-electron chi connectivity index (χ1n) is 13.5. The van der Waals surface area contributed by atoms with E-state index in [0.29, 0.717) is 0 Å². The van der Waals surface area contributed by atoms with Crippen LogP contribution < -0.4 is 28.7 Å². The topological polar surface area (TPSA) is 36.9 Å². The van der Waals surface area contributed by atoms with Gasteiger partial charge in [0.2, 0.25) is 0 Å². The number of hydrogen-bond acceptors (Lipinski definition) is 4. The second kappa shape index (κ2) is 13.8. The molecule has 0 amide bonds. The molecular formula is C36H28O4P2. The Morgan fingerprint density at radius 1 is 0.262 bits per heavy atom. The van der Waals surface area contributed by atoms with Gasteiger partial charge in [-0.2, -0.15) is 0 Å². The zero-order valence-electron chi connectivity index (χ0n) is 22.7. The van der Waals surface area contributed by atoms with Gasteiger partial charge >= 0.3 is 16.8 Å². The minimum absolute atomic E-state index is 0.740. The molecule has 0 aliphatic rings. The summed E-state index contributed by atoms with van der Waals surface area (Å²) in [6.07, 6.45) is 0. The predicted octanol–water partition coefficient (Wildman–Crippen LogP) is 9.54. The first-order chi connectivity index (χ1) is 20.8. The van der Waals surface area contributed by atoms with Gasteiger partial charge in [-0.05, 0) is 71.8 Å². The van der Waals surface area contributed by atoms with E-state index in [1.54, 1.807) is 0 Å². The summed E-state index contributed by atoms with van der Waals surface area (Å²) in [5.41, 5.74) is 1.98. The van der Waals surface area contributed by atoms with Crippen LogP contribution in [0.1, 0.15) is 0 Å². The predicted molar refractivity (Wildman–Crippen MR) is 173 cm³/mol. The standard InChI is InChI=1S/C36H28O4P2/c1-5-17-29(18-6-1)37-41(38-30-19-7-2-8-20-30)35-27-15-13-25-33(35)34-26-14-16-28-36(34)42(39-31-21-9-3-10-22-31)40-32-23-11-4-12-24-32/h1-28H. The fourth-order valence-corrected chi connectivity index (χ4v) is 7.18. The van der Waals surface area contributed by atoms with Crippen molar-refractivity contribution < 1.29 is 18.1 Å². The summed E-state index contributed by atoms with van der Waals surface area (Å²) in [5, 5.41) is 1.89. The molecule has 0 fully saturated rings. The highest BCUT2D eigenvalue weighted by Crippen LogP contribution is 2.45. The minimum Gasteiger partial charge on any atom is -0.435 e. The second-order valence-electron chi connectivity index (χ2n) is 9.17. The molecule has 42 heavy (non-hydrogen) atoms. The van der Waals surface area contributed by atoms with E-state index in [1.807, 2.05) is 146 Å². The molecule has 0 saturated heterocycles. The molecule has 6 aromatic rings. The summed E-state index contributed by atoms with van der Waals surface area (Å²) in [6, 6.07) is 55.6. The Hall–Kier alpha value is -4.62. The van der Waals surface area contributed by atoms with E-state index in [0.717, 1.165) is 44.7 Å². The summed E-state index contributed by atoms with van der Waals surface area (Å²) in [6.45, 7) is 0. The van der Waals surface area contributed by atoms with Gasteiger partial charge in [0.25, 0.3) is 0 Å². The summed E-state index contributed by atoms with van der Waals surface area (Å²) >= 11 is 0. The van der Waals surface area contributed by atoms with E-state index in [4.69, 9.17) is 18.1 Å². The molecule has 4 nitrogen and oxygen atoms in total. The lowest BCUT2D eigenvalue weighted by Gasteiger charge is -2.24. The Kier molecular flexibility index (Phi) is 9.07. The molecule has 0 unspecified atom stereocenters. The highest BCUT2D eigenvalue weighted by Gasteiger charge is 2.27. The van der Waals surface area contributed by atoms with Gasteiger partial charge in [-0.3, -0.25) is 0 Å². The van der Waals surface area contributed by atoms with Crippen LogP contribution in [0.2, 0.25) is 0 Å². The third kappa shape index (κ3) is 6.98. The highest BCUT2D eigenvalue weighted by atomic mass is 31.2. The van der Waals surface area contributed by atoms with E-state index >= 15 is 0 Å². The molecule has 0 aliphatic carbocycles. The summed E-state index contributed by atoms with van der Waals surface area (Å²) in [7, 11) is -3.11. The molecule has 6 heteroatoms. The Balaban J connectivity index is 1.43. The van der Waals surface area contributed by atoms with E-state index in [9.17, 15) is 0 Å². The van der Waals surface area contributed by atoms with Crippen LogP contribution in [0.3, 0.4) is 0 Å². The molecule has 0 aromatic heterocycles. The first-order valence-corrected chi connectivity index (χ1v) is 15.9. The van der Waals surface area contributed by atoms with Gasteiger partial charge in [0.1, 0.15) is 23.0 Å². The van der Waals surface area contributed by atoms with Crippen molar-refractivity contribution in [3.05, 3.63) is 170 Å². The van der Waals surface area contributed by atoms with Gasteiger partial charge in [0, 0.05) is 0 Å². The van der Waals surface area contributed by atoms with E-state index in [-0.39, 0.29) is 0 Å². The Morgan fingerprint density at radius 2 is 0.500 bits per heavy atom. The SMILES string of the molecule is c1ccc(OP(Oc2ccccc2)c2ccccc2-c2ccccc2P(Oc2ccccc2)Oc2ccccc2)cc1. The maximum absolute atomic E-state index is 6.54. The molecular weight excluding hydrogens is 558 g/mol. The maximum Gasteiger partial charge on any atom is 0.326 e. The van der Waals surface area contributed by atoms with Crippen LogP contribution in [-0.4, -0.2) is 0 Å². The fraction of sp³-hybridized carbons (Fsp3) is 0. The molecule has 0 bridgehead atoms. The van der Waals surface area contributed by atoms with Crippen LogP contribution >= 0.6 is 16.8 Å². The minimum atomic E-state index is -1.56. The molecule has 0 N–H and O–H groups in total. The number of para-hydroxylation sites is 4. The van der Waals surface area contributed by atoms with Gasteiger partial charge in [0.15, 0.2) is 0 Å². The van der Waals surface area contributed by atoms with Gasteiger partial charge in [-0.25, -0.2) is 0 Å². The van der Waals surface area contributed by atoms with Crippen LogP contribution in [-0.2, 0) is 0 Å². The van der Waals surface area contributed by atoms with E-state index < -0.39 is 16.8 Å². The van der Waals surface area contributed by atoms with Crippen molar-refractivity contribution >= 4 is 27.4 Å². The monoisotopic (exact) mass is 586 g/mol. The smallest absolute Gasteiger partial charge is 0.326 e. The average molecular weight is 587 g/mol. The van der Waals surface area contributed by atoms with Crippen molar-refractivity contribution in [2.24, 2.45) is 0 Å². The number of rotatable bonds is 11. The van der Waals surface area contributed by atoms with E-state index in [1.165, 1.54) is 0 Å². The summed E-state index contributed by atoms with van der Waals surface area (Å²) in [5.74, 6) is 2.96. The number of benzene rings is 6. The molecule has 0 heterocycles. The zero-order chi connectivity index (χ0) is 28.4. The van der Waals surface area contributed by atoms with Crippen molar-refractivity contribution in [2.75, 3.05) is 0 Å². The van der Waals surface area contributed by atoms with Crippen molar-refractivity contribution in [2.45, 2.75) is 0 Å². The fourth-order valence-electron chi connectivity index (χ4n) is 4.26. The Bertz CT molecular complexity index is 1470. The molecule has 206 valence electrons. The van der Waals surface area contributed by atoms with Crippen molar-refractivity contribution in [1.82, 2.24) is 0 Å². The quantitative estimate of drug-likeness (QED) is 0.142. The zero-order valence-corrected chi connectivity index (χ0v) is 24.5. The molecule has 0 saturated carbocycles. The lowest BCUT2D eigenvalue weighted by atomic mass is 10.1. The summed E-state index contributed by atoms with van der Waals surface area (Å²) in [4.78, 5) is 0. The molecule has 0 radical (unpaired) electrons. The average Bonchev–Trinajstić information content (AvgIpc) is 3.06. The molecule has 0 aliphatic heterocycles. The van der Waals surface area contributed by atoms with Gasteiger partial charge in [0.05, 0.1) is 10.6 Å². The molecule has 6 aromatic carbocycles. The lowest BCUT2D eigenvalue weighted by molar-refractivity contribution is 0.501. The van der Waals surface area contributed by atoms with Crippen LogP contribution in [0.25, 0.3) is 11.1 Å². The Morgan fingerprint density at radius 3 is 0.786 bits per heavy atom. The molecule has 0 atom stereocenters. The number of hydrogen-bond donors (Lipinski definition) is 0. The Labute approximate surface area is 249 Å². The molecule has 0 spiro atoms. The van der Waals surface area contributed by atoms with Gasteiger partial charge < -0.3 is 18.1 Å². The summed E-state index contributed by atoms with van der Waals surface area (Å²) < 4.78 is 26.2. The lowest BCUT2D eigenvalue weighted by Crippen LogP contribution is -2.18. The highest BCUT2D eigenvalue weighted by molar-refractivity contribution is 7.58. The van der Waals surface area contributed by atoms with Gasteiger partial charge in [-0.15, -0.1) is 0 Å². The van der Waals surface area contributed by atoms with Crippen molar-refractivity contribution in [1.29, 1.82) is 0 Å². The van der Waals surface area contributed by atoms with Crippen molar-refractivity contribution in [3.63, 3.8) is 0 Å². The van der Waals surface area contributed by atoms with Crippen molar-refractivity contribution in [3.8, 4) is 34.1 Å². The maximum atomic E-state index is 6.54. The van der Waals surface area contributed by atoms with Gasteiger partial charge in [-0.1, -0.05) is 109 Å². The van der Waals surface area contributed by atoms with Crippen LogP contribution in [0.4, 0.5) is 0 Å². The normalized spacial score (nSPS) is 10.8. The third-order valence-electron chi connectivity index (χ3n) is 6.22. The van der Waals surface area contributed by atoms with Crippen LogP contribution in [0.5, 0.6) is 23.0 Å². The largest absolute Gasteiger partial charge is 0.435 e. The first kappa shape index (κ1) is 27.5. The van der Waals surface area contributed by atoms with E-state index in [2.05, 4.69) is 24.3 Å². The van der Waals surface area contributed by atoms with Crippen LogP contribution in [0.15, 0.2) is 170 Å². The molecule has 6 rings (SSSR count). The third-order valence-corrected chi connectivity index (χ3v) is 9.29. The van der Waals surface area contributed by atoms with Crippen LogP contribution in [0, 0.1) is 0 Å². The second-order valence-corrected chi connectivity index (χ2v) is 11.9.